The molecule has 5 heterocycles. The molecule has 3 fully saturated rings. The normalized spacial score (nSPS) is 17.3. The Balaban J connectivity index is 0.000000189. The summed E-state index contributed by atoms with van der Waals surface area (Å²) in [6, 6.07) is 61.1. The zero-order chi connectivity index (χ0) is 99.5. The molecular formula is C100H82Cl3F18N7O11. The van der Waals surface area contributed by atoms with Crippen LogP contribution in [0.1, 0.15) is 112 Å². The summed E-state index contributed by atoms with van der Waals surface area (Å²) in [5.41, 5.74) is -4.65. The Labute approximate surface area is 797 Å². The number of carbonyl (C=O) groups is 5. The van der Waals surface area contributed by atoms with Gasteiger partial charge in [-0.25, -0.2) is 0 Å². The summed E-state index contributed by atoms with van der Waals surface area (Å²) in [6.07, 6.45) is -25.6. The van der Waals surface area contributed by atoms with Crippen molar-refractivity contribution in [2.75, 3.05) is 46.4 Å². The quantitative estimate of drug-likeness (QED) is 0.0102. The van der Waals surface area contributed by atoms with Gasteiger partial charge in [0.05, 0.1) is 61.2 Å². The van der Waals surface area contributed by atoms with Crippen molar-refractivity contribution in [1.82, 2.24) is 26.3 Å². The van der Waals surface area contributed by atoms with Crippen LogP contribution in [0.3, 0.4) is 0 Å². The number of aliphatic hydroxyl groups is 1. The summed E-state index contributed by atoms with van der Waals surface area (Å²) < 4.78 is 264. The third-order valence-corrected chi connectivity index (χ3v) is 23.8. The molecule has 0 spiro atoms. The number of hydrogen-bond acceptors (Lipinski definition) is 13. The van der Waals surface area contributed by atoms with Crippen LogP contribution in [0.2, 0.25) is 10.0 Å². The predicted octanol–water partition coefficient (Wildman–Crippen LogP) is 19.9. The number of ether oxygens (including phenoxy) is 4. The molecule has 4 amide bonds. The van der Waals surface area contributed by atoms with Gasteiger partial charge in [-0.2, -0.15) is 79.0 Å². The standard InChI is InChI=1S/C48H49N2O5.C26H17ClF9N3O3.C26H16ClF9N2O3.ClH/c1-3-38-30-50(24-22-39(38)27-44(50)47(51)41-21-23-49-43-20-19-40(52-2)28-42(41)43)29-37-25-45(53-31-34-13-7-4-8-14-34)48(55-33-36-17-11-6-12-18-36)46(26-37)54-32-35-15-9-5-10-16-35;27-15-8-13(7-14(9-15)25(31,32)33)23(26(34,35)36)10-20(39-42-23)18-5-6-19(17-4-2-1-3-16(17)18)22(41)37-11-21(40)38-12-24(28,29)30;27-15-8-13(7-14(9-15)25(31,32)33)20(26(34,35)36)10-21(39)18-5-6-19(17-4-2-1-3-16(17)18)23(41)37-11-22(40)38-12-24(28,29)30;/h3-21,23,25-26,28,38-39,44,47,51H,1,22,24,27,29-33H2,2H3;1-9H,10-12H2,(H,37,41)(H,38,40);1-10H,11-12H2,(H,37,41)(H,38,40);1H/q+1;;;/p-1/b;;20-10+;/t38?,39?,44-,47+,50?;23-;;/m00../s1. The number of ketones is 1. The fourth-order valence-electron chi connectivity index (χ4n) is 16.7. The maximum Gasteiger partial charge on any atom is 0.435 e. The van der Waals surface area contributed by atoms with Crippen LogP contribution >= 0.6 is 23.2 Å². The average Bonchev–Trinajstić information content (AvgIpc) is 1.50. The van der Waals surface area contributed by atoms with E-state index < -0.39 is 149 Å². The molecule has 0 saturated carbocycles. The molecule has 730 valence electrons. The topological polar surface area (TPSA) is 225 Å². The number of nitrogens with zero attached hydrogens (tertiary/aromatic N) is 3. The lowest BCUT2D eigenvalue weighted by Crippen LogP contribution is -3.00. The van der Waals surface area contributed by atoms with E-state index in [4.69, 9.17) is 47.0 Å². The van der Waals surface area contributed by atoms with Crippen LogP contribution in [0.5, 0.6) is 23.0 Å². The molecule has 3 saturated heterocycles. The number of piperidine rings is 3. The van der Waals surface area contributed by atoms with Crippen molar-refractivity contribution in [3.8, 4) is 23.0 Å². The van der Waals surface area contributed by atoms with Crippen molar-refractivity contribution in [2.45, 2.75) is 100 Å². The average molecular weight is 2010 g/mol. The number of oxime groups is 1. The van der Waals surface area contributed by atoms with E-state index >= 15 is 0 Å². The Kier molecular flexibility index (Phi) is 32.9. The number of methoxy groups -OCH3 is 1. The summed E-state index contributed by atoms with van der Waals surface area (Å²) >= 11 is 11.4. The maximum absolute atomic E-state index is 14.4. The number of fused-ring (bicyclic) bond motifs is 6. The van der Waals surface area contributed by atoms with Crippen molar-refractivity contribution in [3.63, 3.8) is 0 Å². The number of aromatic nitrogens is 1. The van der Waals surface area contributed by atoms with E-state index in [-0.39, 0.29) is 86.2 Å². The van der Waals surface area contributed by atoms with E-state index in [1.54, 1.807) is 17.7 Å². The maximum atomic E-state index is 14.4. The van der Waals surface area contributed by atoms with Crippen LogP contribution in [0.25, 0.3) is 38.0 Å². The highest BCUT2D eigenvalue weighted by molar-refractivity contribution is 6.31. The second-order valence-electron chi connectivity index (χ2n) is 32.6. The van der Waals surface area contributed by atoms with Crippen LogP contribution in [-0.2, 0) is 58.7 Å². The molecular weight excluding hydrogens is 1920 g/mol. The zero-order valence-electron chi connectivity index (χ0n) is 72.8. The van der Waals surface area contributed by atoms with Gasteiger partial charge in [0.15, 0.2) is 17.3 Å². The highest BCUT2D eigenvalue weighted by Crippen LogP contribution is 2.53. The SMILES string of the molecule is C=CC1C[N+]2(Cc3cc(OCc4ccccc4)c(OCc4ccccc4)c(OCc4ccccc4)c3)CCC1C[C@H]2[C@H](O)c1ccnc2ccc(OC)cc12.O=C(CNC(=O)c1ccc(C(=O)/C=C(\c2cc(Cl)cc(C(F)(F)F)c2)C(F)(F)F)c2ccccc12)NCC(F)(F)F.O=C(CNC(=O)c1ccc(C2=NO[C@@](c3cc(Cl)cc(C(F)(F)F)c3)(C(F)(F)F)C2)c2ccccc12)NCC(F)(F)F.[Cl-]. The number of amides is 4. The van der Waals surface area contributed by atoms with Gasteiger partial charge in [0.1, 0.15) is 57.4 Å². The Hall–Kier alpha value is -13.4. The molecule has 39 heteroatoms. The number of rotatable bonds is 28. The highest BCUT2D eigenvalue weighted by Gasteiger charge is 2.63. The van der Waals surface area contributed by atoms with Crippen molar-refractivity contribution in [1.29, 1.82) is 0 Å². The summed E-state index contributed by atoms with van der Waals surface area (Å²) in [5, 5.41) is 23.6. The van der Waals surface area contributed by atoms with Gasteiger partial charge in [-0.3, -0.25) is 29.0 Å². The van der Waals surface area contributed by atoms with Crippen molar-refractivity contribution in [2.24, 2.45) is 17.0 Å². The fraction of sp³-hybridized carbons (Fsp3) is 0.250. The number of pyridine rings is 1. The number of carbonyl (C=O) groups excluding carboxylic acids is 5. The van der Waals surface area contributed by atoms with Crippen molar-refractivity contribution < 1.29 is 149 Å². The lowest BCUT2D eigenvalue weighted by molar-refractivity contribution is -0.984. The molecule has 1 aromatic heterocycles. The molecule has 0 aliphatic carbocycles. The van der Waals surface area contributed by atoms with Crippen LogP contribution < -0.4 is 52.6 Å². The number of halogens is 21. The van der Waals surface area contributed by atoms with E-state index in [1.807, 2.05) is 85.1 Å². The number of aliphatic hydroxyl groups excluding tert-OH is 1. The lowest BCUT2D eigenvalue weighted by atomic mass is 9.71. The van der Waals surface area contributed by atoms with Gasteiger partial charge in [0, 0.05) is 80.2 Å². The molecule has 12 aromatic rings. The molecule has 6 atom stereocenters. The predicted molar refractivity (Wildman–Crippen MR) is 478 cm³/mol. The summed E-state index contributed by atoms with van der Waals surface area (Å²) in [5.74, 6) is -1.90. The van der Waals surface area contributed by atoms with Crippen molar-refractivity contribution >= 4 is 96.3 Å². The molecule has 16 rings (SSSR count). The molecule has 139 heavy (non-hydrogen) atoms. The van der Waals surface area contributed by atoms with Gasteiger partial charge in [-0.1, -0.05) is 180 Å². The Morgan fingerprint density at radius 2 is 1.04 bits per heavy atom. The van der Waals surface area contributed by atoms with Crippen LogP contribution in [-0.4, -0.2) is 127 Å². The summed E-state index contributed by atoms with van der Waals surface area (Å²) in [6.45, 7) is 3.08. The lowest BCUT2D eigenvalue weighted by Gasteiger charge is -2.58. The van der Waals surface area contributed by atoms with Gasteiger partial charge in [0.25, 0.3) is 17.4 Å². The van der Waals surface area contributed by atoms with E-state index in [2.05, 4.69) is 82.0 Å². The zero-order valence-corrected chi connectivity index (χ0v) is 75.0. The molecule has 5 N–H and O–H groups in total. The highest BCUT2D eigenvalue weighted by atomic mass is 35.5. The van der Waals surface area contributed by atoms with Gasteiger partial charge >= 0.3 is 37.1 Å². The minimum absolute atomic E-state index is 0. The Morgan fingerprint density at radius 1 is 0.554 bits per heavy atom. The molecule has 3 unspecified atom stereocenters. The van der Waals surface area contributed by atoms with E-state index in [0.717, 1.165) is 87.0 Å². The first kappa shape index (κ1) is 104. The van der Waals surface area contributed by atoms with E-state index in [9.17, 15) is 108 Å². The Morgan fingerprint density at radius 3 is 1.55 bits per heavy atom. The third-order valence-electron chi connectivity index (χ3n) is 23.3. The van der Waals surface area contributed by atoms with Gasteiger partial charge in [-0.15, -0.1) is 6.58 Å². The smallest absolute Gasteiger partial charge is 0.435 e. The number of allylic oxidation sites excluding steroid dienone is 2. The van der Waals surface area contributed by atoms with Gasteiger partial charge in [0.2, 0.25) is 17.6 Å². The van der Waals surface area contributed by atoms with Crippen LogP contribution in [0, 0.1) is 11.8 Å². The van der Waals surface area contributed by atoms with Gasteiger partial charge < -0.3 is 67.0 Å². The fourth-order valence-corrected chi connectivity index (χ4v) is 17.2. The number of alkyl halides is 18. The second-order valence-corrected chi connectivity index (χ2v) is 33.4. The molecule has 11 aromatic carbocycles. The molecule has 2 bridgehead atoms. The monoisotopic (exact) mass is 2000 g/mol. The second kappa shape index (κ2) is 43.7. The molecule has 4 aliphatic rings. The molecule has 18 nitrogen and oxygen atoms in total. The van der Waals surface area contributed by atoms with E-state index in [1.165, 1.54) is 60.7 Å². The molecule has 0 radical (unpaired) electrons. The summed E-state index contributed by atoms with van der Waals surface area (Å²) in [4.78, 5) is 71.1. The molecule has 4 aliphatic heterocycles. The van der Waals surface area contributed by atoms with Crippen molar-refractivity contribution in [3.05, 3.63) is 344 Å². The first-order chi connectivity index (χ1) is 65.3. The van der Waals surface area contributed by atoms with E-state index in [0.29, 0.717) is 79.7 Å². The van der Waals surface area contributed by atoms with Gasteiger partial charge in [-0.05, 0) is 152 Å². The first-order valence-electron chi connectivity index (χ1n) is 42.2. The minimum atomic E-state index is -5.27. The minimum Gasteiger partial charge on any atom is -1.00 e. The summed E-state index contributed by atoms with van der Waals surface area (Å²) in [7, 11) is 1.67. The first-order valence-corrected chi connectivity index (χ1v) is 43.0. The van der Waals surface area contributed by atoms with Crippen LogP contribution in [0.15, 0.2) is 267 Å². The number of benzene rings is 11. The number of quaternary nitrogens is 1. The third kappa shape index (κ3) is 26.0. The number of nitrogens with one attached hydrogen (secondary N) is 4. The van der Waals surface area contributed by atoms with Crippen LogP contribution in [0.4, 0.5) is 79.0 Å². The Bertz CT molecular complexity index is 6490. The number of hydrogen-bond donors (Lipinski definition) is 5. The largest absolute Gasteiger partial charge is 1.00 e.